The molecule has 0 bridgehead atoms. The normalized spacial score (nSPS) is 26.2. The van der Waals surface area contributed by atoms with Gasteiger partial charge in [0.25, 0.3) is 0 Å². The molecule has 2 unspecified atom stereocenters. The molecule has 1 N–H and O–H groups in total. The Kier molecular flexibility index (Phi) is 4.39. The number of methoxy groups -OCH3 is 1. The summed E-state index contributed by atoms with van der Waals surface area (Å²) in [5, 5.41) is 9.42. The molecule has 2 aliphatic heterocycles. The van der Waals surface area contributed by atoms with Gasteiger partial charge < -0.3 is 19.5 Å². The standard InChI is InChI=1S/C18H23NO5/c1-18(17(21)22)6-3-7-19(11-18)16(20)13-8-12-9-14(23-2)4-5-15(12)24-10-13/h4-5,9,13H,3,6-8,10-11H2,1-2H3,(H,21,22). The number of likely N-dealkylation sites (tertiary alicyclic amines) is 1. The summed E-state index contributed by atoms with van der Waals surface area (Å²) in [6.07, 6.45) is 1.91. The summed E-state index contributed by atoms with van der Waals surface area (Å²) in [6.45, 7) is 2.93. The van der Waals surface area contributed by atoms with Gasteiger partial charge in [0, 0.05) is 13.1 Å². The first-order valence-electron chi connectivity index (χ1n) is 8.25. The fourth-order valence-corrected chi connectivity index (χ4v) is 3.52. The van der Waals surface area contributed by atoms with Crippen molar-refractivity contribution in [3.8, 4) is 11.5 Å². The van der Waals surface area contributed by atoms with Gasteiger partial charge >= 0.3 is 5.97 Å². The molecular weight excluding hydrogens is 310 g/mol. The second kappa shape index (κ2) is 6.34. The van der Waals surface area contributed by atoms with E-state index >= 15 is 0 Å². The molecule has 3 rings (SSSR count). The number of rotatable bonds is 3. The molecule has 24 heavy (non-hydrogen) atoms. The maximum Gasteiger partial charge on any atom is 0.311 e. The average molecular weight is 333 g/mol. The smallest absolute Gasteiger partial charge is 0.311 e. The van der Waals surface area contributed by atoms with Crippen LogP contribution in [0.15, 0.2) is 18.2 Å². The zero-order valence-electron chi connectivity index (χ0n) is 14.1. The molecule has 0 aliphatic carbocycles. The summed E-state index contributed by atoms with van der Waals surface area (Å²) in [7, 11) is 1.61. The Hall–Kier alpha value is -2.24. The highest BCUT2D eigenvalue weighted by Gasteiger charge is 2.41. The highest BCUT2D eigenvalue weighted by atomic mass is 16.5. The van der Waals surface area contributed by atoms with Gasteiger partial charge in [-0.15, -0.1) is 0 Å². The van der Waals surface area contributed by atoms with Crippen LogP contribution >= 0.6 is 0 Å². The van der Waals surface area contributed by atoms with Crippen molar-refractivity contribution < 1.29 is 24.2 Å². The first-order chi connectivity index (χ1) is 11.4. The fourth-order valence-electron chi connectivity index (χ4n) is 3.52. The number of carbonyl (C=O) groups is 2. The van der Waals surface area contributed by atoms with E-state index in [0.717, 1.165) is 17.1 Å². The Balaban J connectivity index is 1.73. The highest BCUT2D eigenvalue weighted by molar-refractivity contribution is 5.82. The Morgan fingerprint density at radius 2 is 2.21 bits per heavy atom. The third-order valence-corrected chi connectivity index (χ3v) is 5.05. The van der Waals surface area contributed by atoms with Crippen LogP contribution in [0.3, 0.4) is 0 Å². The molecule has 1 saturated heterocycles. The number of carboxylic acid groups (broad SMARTS) is 1. The summed E-state index contributed by atoms with van der Waals surface area (Å²) in [6, 6.07) is 5.59. The van der Waals surface area contributed by atoms with E-state index in [1.807, 2.05) is 18.2 Å². The van der Waals surface area contributed by atoms with E-state index in [9.17, 15) is 14.7 Å². The molecule has 2 atom stereocenters. The van der Waals surface area contributed by atoms with E-state index in [-0.39, 0.29) is 18.4 Å². The van der Waals surface area contributed by atoms with Gasteiger partial charge in [-0.2, -0.15) is 0 Å². The average Bonchev–Trinajstić information content (AvgIpc) is 2.60. The van der Waals surface area contributed by atoms with E-state index in [4.69, 9.17) is 9.47 Å². The van der Waals surface area contributed by atoms with Crippen LogP contribution < -0.4 is 9.47 Å². The quantitative estimate of drug-likeness (QED) is 0.915. The first-order valence-corrected chi connectivity index (χ1v) is 8.25. The Bertz CT molecular complexity index is 659. The number of aliphatic carboxylic acids is 1. The number of hydrogen-bond acceptors (Lipinski definition) is 4. The number of nitrogens with zero attached hydrogens (tertiary/aromatic N) is 1. The molecule has 1 amide bonds. The number of fused-ring (bicyclic) bond motifs is 1. The maximum absolute atomic E-state index is 12.8. The van der Waals surface area contributed by atoms with Gasteiger partial charge in [-0.05, 0) is 49.9 Å². The number of carboxylic acids is 1. The monoisotopic (exact) mass is 333 g/mol. The molecule has 2 aliphatic rings. The number of ether oxygens (including phenoxy) is 2. The Morgan fingerprint density at radius 1 is 1.42 bits per heavy atom. The van der Waals surface area contributed by atoms with Crippen molar-refractivity contribution in [2.24, 2.45) is 11.3 Å². The molecule has 0 spiro atoms. The van der Waals surface area contributed by atoms with Gasteiger partial charge in [-0.3, -0.25) is 9.59 Å². The minimum Gasteiger partial charge on any atom is -0.497 e. The largest absolute Gasteiger partial charge is 0.497 e. The molecule has 130 valence electrons. The van der Waals surface area contributed by atoms with Crippen LogP contribution in [0.2, 0.25) is 0 Å². The summed E-state index contributed by atoms with van der Waals surface area (Å²) < 4.78 is 11.0. The summed E-state index contributed by atoms with van der Waals surface area (Å²) >= 11 is 0. The number of hydrogen-bond donors (Lipinski definition) is 1. The van der Waals surface area contributed by atoms with Crippen molar-refractivity contribution >= 4 is 11.9 Å². The molecule has 6 nitrogen and oxygen atoms in total. The molecule has 1 aromatic rings. The predicted molar refractivity (Wildman–Crippen MR) is 87.2 cm³/mol. The maximum atomic E-state index is 12.8. The lowest BCUT2D eigenvalue weighted by Gasteiger charge is -2.39. The van der Waals surface area contributed by atoms with Crippen LogP contribution in [0.4, 0.5) is 0 Å². The van der Waals surface area contributed by atoms with Crippen molar-refractivity contribution in [1.82, 2.24) is 4.90 Å². The second-order valence-corrected chi connectivity index (χ2v) is 6.91. The highest BCUT2D eigenvalue weighted by Crippen LogP contribution is 2.34. The molecule has 0 saturated carbocycles. The predicted octanol–water partition coefficient (Wildman–Crippen LogP) is 1.96. The molecule has 1 fully saturated rings. The SMILES string of the molecule is COc1ccc2c(c1)CC(C(=O)N1CCCC(C)(C(=O)O)C1)CO2. The Labute approximate surface area is 141 Å². The van der Waals surface area contributed by atoms with Gasteiger partial charge in [-0.1, -0.05) is 0 Å². The molecule has 0 aromatic heterocycles. The van der Waals surface area contributed by atoms with E-state index in [0.29, 0.717) is 32.4 Å². The van der Waals surface area contributed by atoms with Crippen LogP contribution in [0.1, 0.15) is 25.3 Å². The van der Waals surface area contributed by atoms with E-state index in [2.05, 4.69) is 0 Å². The summed E-state index contributed by atoms with van der Waals surface area (Å²) in [5.74, 6) is 0.391. The number of amides is 1. The molecule has 2 heterocycles. The van der Waals surface area contributed by atoms with Crippen molar-refractivity contribution in [3.63, 3.8) is 0 Å². The minimum atomic E-state index is -0.857. The van der Waals surface area contributed by atoms with Crippen LogP contribution in [0.5, 0.6) is 11.5 Å². The number of carbonyl (C=O) groups excluding carboxylic acids is 1. The lowest BCUT2D eigenvalue weighted by Crippen LogP contribution is -2.51. The summed E-state index contributed by atoms with van der Waals surface area (Å²) in [4.78, 5) is 26.0. The van der Waals surface area contributed by atoms with E-state index in [1.165, 1.54) is 0 Å². The zero-order chi connectivity index (χ0) is 17.3. The molecule has 6 heteroatoms. The van der Waals surface area contributed by atoms with Gasteiger partial charge in [0.15, 0.2) is 0 Å². The van der Waals surface area contributed by atoms with E-state index in [1.54, 1.807) is 18.9 Å². The van der Waals surface area contributed by atoms with Crippen molar-refractivity contribution in [1.29, 1.82) is 0 Å². The van der Waals surface area contributed by atoms with Crippen molar-refractivity contribution in [2.75, 3.05) is 26.8 Å². The lowest BCUT2D eigenvalue weighted by molar-refractivity contribution is -0.154. The van der Waals surface area contributed by atoms with Gasteiger partial charge in [0.1, 0.15) is 18.1 Å². The zero-order valence-corrected chi connectivity index (χ0v) is 14.1. The van der Waals surface area contributed by atoms with Gasteiger partial charge in [-0.25, -0.2) is 0 Å². The van der Waals surface area contributed by atoms with Crippen molar-refractivity contribution in [2.45, 2.75) is 26.2 Å². The third-order valence-electron chi connectivity index (χ3n) is 5.05. The van der Waals surface area contributed by atoms with Crippen LogP contribution in [-0.4, -0.2) is 48.7 Å². The minimum absolute atomic E-state index is 0.0179. The lowest BCUT2D eigenvalue weighted by atomic mass is 9.81. The first kappa shape index (κ1) is 16.6. The Morgan fingerprint density at radius 3 is 2.92 bits per heavy atom. The third kappa shape index (κ3) is 3.05. The van der Waals surface area contributed by atoms with Crippen molar-refractivity contribution in [3.05, 3.63) is 23.8 Å². The van der Waals surface area contributed by atoms with Gasteiger partial charge in [0.2, 0.25) is 5.91 Å². The van der Waals surface area contributed by atoms with Gasteiger partial charge in [0.05, 0.1) is 18.4 Å². The second-order valence-electron chi connectivity index (χ2n) is 6.91. The molecule has 0 radical (unpaired) electrons. The topological polar surface area (TPSA) is 76.1 Å². The van der Waals surface area contributed by atoms with Crippen LogP contribution in [0, 0.1) is 11.3 Å². The van der Waals surface area contributed by atoms with Crippen LogP contribution in [-0.2, 0) is 16.0 Å². The fraction of sp³-hybridized carbons (Fsp3) is 0.556. The molecular formula is C18H23NO5. The number of benzene rings is 1. The van der Waals surface area contributed by atoms with E-state index < -0.39 is 11.4 Å². The number of piperidine rings is 1. The molecule has 1 aromatic carbocycles. The van der Waals surface area contributed by atoms with Crippen LogP contribution in [0.25, 0.3) is 0 Å². The summed E-state index contributed by atoms with van der Waals surface area (Å²) in [5.41, 5.74) is 0.0989.